The molecule has 9 nitrogen and oxygen atoms in total. The zero-order valence-corrected chi connectivity index (χ0v) is 35.7. The molecular formula is C38H50F17N3O6S. The van der Waals surface area contributed by atoms with Crippen molar-refractivity contribution in [3.8, 4) is 0 Å². The van der Waals surface area contributed by atoms with E-state index in [1.165, 1.54) is 62.0 Å². The molecule has 0 heterocycles. The van der Waals surface area contributed by atoms with Crippen LogP contribution in [0.5, 0.6) is 0 Å². The SMILES string of the molecule is CCCCCCCC/C=C\CCCCCCCCOC(=O)Nc1cc(NC(=O)OCCNCS(=O)(=O)C(F)(F)C(F)(F)C(F)(F)C(F)(F)C(F)(F)C(F)(F)C(F)(F)C(F)(F)F)ccc1C. The van der Waals surface area contributed by atoms with Crippen LogP contribution in [0.1, 0.15) is 102 Å². The number of amides is 2. The van der Waals surface area contributed by atoms with E-state index in [1.807, 2.05) is 0 Å². The van der Waals surface area contributed by atoms with E-state index in [9.17, 15) is 92.6 Å². The monoisotopic (exact) mass is 999 g/mol. The Balaban J connectivity index is 2.62. The maximum Gasteiger partial charge on any atom is 0.460 e. The zero-order chi connectivity index (χ0) is 50.2. The Hall–Kier alpha value is -3.78. The van der Waals surface area contributed by atoms with Crippen molar-refractivity contribution in [2.24, 2.45) is 0 Å². The van der Waals surface area contributed by atoms with Crippen LogP contribution < -0.4 is 16.0 Å². The van der Waals surface area contributed by atoms with E-state index < -0.39 is 88.0 Å². The van der Waals surface area contributed by atoms with Gasteiger partial charge in [-0.1, -0.05) is 82.9 Å². The zero-order valence-electron chi connectivity index (χ0n) is 34.9. The molecule has 0 saturated carbocycles. The number of unbranched alkanes of at least 4 members (excludes halogenated alkanes) is 12. The summed E-state index contributed by atoms with van der Waals surface area (Å²) in [7, 11) is -7.35. The molecule has 1 rings (SSSR count). The molecule has 65 heavy (non-hydrogen) atoms. The van der Waals surface area contributed by atoms with Gasteiger partial charge in [0.05, 0.1) is 6.61 Å². The highest BCUT2D eigenvalue weighted by atomic mass is 32.2. The van der Waals surface area contributed by atoms with Gasteiger partial charge in [-0.3, -0.25) is 10.6 Å². The molecule has 0 atom stereocenters. The molecule has 378 valence electrons. The number of rotatable bonds is 30. The van der Waals surface area contributed by atoms with E-state index in [1.54, 1.807) is 6.92 Å². The molecule has 0 unspecified atom stereocenters. The molecule has 0 saturated heterocycles. The number of hydrogen-bond donors (Lipinski definition) is 3. The lowest BCUT2D eigenvalue weighted by molar-refractivity contribution is -0.458. The number of aryl methyl sites for hydroxylation is 1. The summed E-state index contributed by atoms with van der Waals surface area (Å²) in [5.74, 6) is -54.8. The van der Waals surface area contributed by atoms with Crippen molar-refractivity contribution in [3.05, 3.63) is 35.9 Å². The average Bonchev–Trinajstić information content (AvgIpc) is 3.19. The normalized spacial score (nSPS) is 13.9. The maximum atomic E-state index is 14.3. The number of halogens is 17. The molecule has 1 aromatic carbocycles. The number of hydrogen-bond acceptors (Lipinski definition) is 7. The fraction of sp³-hybridized carbons (Fsp3) is 0.737. The highest BCUT2D eigenvalue weighted by Crippen LogP contribution is 2.64. The van der Waals surface area contributed by atoms with Gasteiger partial charge in [-0.05, 0) is 56.7 Å². The van der Waals surface area contributed by atoms with Crippen LogP contribution in [0.2, 0.25) is 0 Å². The van der Waals surface area contributed by atoms with Crippen LogP contribution in [0, 0.1) is 6.92 Å². The second-order valence-corrected chi connectivity index (χ2v) is 16.7. The lowest BCUT2D eigenvalue weighted by Crippen LogP contribution is -2.75. The number of nitrogens with one attached hydrogen (secondary N) is 3. The van der Waals surface area contributed by atoms with Crippen LogP contribution in [0.4, 0.5) is 95.6 Å². The Morgan fingerprint density at radius 1 is 0.569 bits per heavy atom. The van der Waals surface area contributed by atoms with Crippen molar-refractivity contribution in [1.82, 2.24) is 5.32 Å². The maximum absolute atomic E-state index is 14.3. The van der Waals surface area contributed by atoms with Gasteiger partial charge in [0.1, 0.15) is 12.5 Å². The fourth-order valence-corrected chi connectivity index (χ4v) is 6.62. The Morgan fingerprint density at radius 2 is 1.00 bits per heavy atom. The van der Waals surface area contributed by atoms with Gasteiger partial charge in [0.2, 0.25) is 9.84 Å². The number of carbonyl (C=O) groups is 2. The molecule has 0 aromatic heterocycles. The number of allylic oxidation sites excluding steroid dienone is 2. The fourth-order valence-electron chi connectivity index (χ4n) is 5.51. The van der Waals surface area contributed by atoms with Crippen molar-refractivity contribution >= 4 is 33.4 Å². The lowest BCUT2D eigenvalue weighted by atomic mass is 9.91. The largest absolute Gasteiger partial charge is 0.460 e. The Morgan fingerprint density at radius 3 is 1.51 bits per heavy atom. The summed E-state index contributed by atoms with van der Waals surface area (Å²) in [4.78, 5) is 24.4. The first-order valence-corrected chi connectivity index (χ1v) is 21.6. The number of ether oxygens (including phenoxy) is 2. The summed E-state index contributed by atoms with van der Waals surface area (Å²) in [5, 5.41) is -1.81. The summed E-state index contributed by atoms with van der Waals surface area (Å²) in [6.45, 7) is 1.61. The van der Waals surface area contributed by atoms with Gasteiger partial charge in [0.15, 0.2) is 0 Å². The number of anilines is 2. The third-order valence-electron chi connectivity index (χ3n) is 9.50. The minimum atomic E-state index is -8.93. The number of sulfone groups is 1. The summed E-state index contributed by atoms with van der Waals surface area (Å²) >= 11 is 0. The number of carbonyl (C=O) groups excluding carboxylic acids is 2. The van der Waals surface area contributed by atoms with Crippen LogP contribution >= 0.6 is 0 Å². The third kappa shape index (κ3) is 14.9. The Labute approximate surface area is 363 Å². The average molecular weight is 1000 g/mol. The Kier molecular flexibility index (Phi) is 22.1. The van der Waals surface area contributed by atoms with Gasteiger partial charge in [-0.15, -0.1) is 0 Å². The molecule has 0 aliphatic rings. The first-order valence-electron chi connectivity index (χ1n) is 20.0. The predicted octanol–water partition coefficient (Wildman–Crippen LogP) is 13.1. The topological polar surface area (TPSA) is 123 Å². The molecule has 0 radical (unpaired) electrons. The van der Waals surface area contributed by atoms with Crippen LogP contribution in [-0.2, 0) is 19.3 Å². The van der Waals surface area contributed by atoms with E-state index >= 15 is 0 Å². The second kappa shape index (κ2) is 24.3. The standard InChI is InChI=1S/C38H50F17N3O6S/c1-3-4-5-6-7-8-9-10-11-12-13-14-15-16-17-18-22-63-30(60)58-28-24-27(20-19-26(28)2)57-29(59)64-23-21-56-25-65(61,62)38(54,55)36(49,50)34(45,46)32(41,42)31(39,40)33(43,44)35(47,48)37(51,52)53/h10-11,19-20,24,56H,3-9,12-18,21-23,25H2,1-2H3,(H,57,59)(H,58,60)/b11-10-. The summed E-state index contributed by atoms with van der Waals surface area (Å²) in [6.07, 6.45) is 9.49. The number of benzene rings is 1. The van der Waals surface area contributed by atoms with Gasteiger partial charge in [0.25, 0.3) is 0 Å². The van der Waals surface area contributed by atoms with Crippen LogP contribution in [0.25, 0.3) is 0 Å². The van der Waals surface area contributed by atoms with E-state index in [0.29, 0.717) is 12.0 Å². The van der Waals surface area contributed by atoms with E-state index in [0.717, 1.165) is 44.9 Å². The summed E-state index contributed by atoms with van der Waals surface area (Å²) in [6, 6.07) is 3.90. The summed E-state index contributed by atoms with van der Waals surface area (Å²) < 4.78 is 263. The van der Waals surface area contributed by atoms with E-state index in [-0.39, 0.29) is 18.0 Å². The smallest absolute Gasteiger partial charge is 0.449 e. The molecule has 0 fully saturated rings. The van der Waals surface area contributed by atoms with Crippen LogP contribution in [0.3, 0.4) is 0 Å². The van der Waals surface area contributed by atoms with E-state index in [2.05, 4.69) is 34.4 Å². The highest BCUT2D eigenvalue weighted by Gasteiger charge is 2.96. The quantitative estimate of drug-likeness (QED) is 0.0398. The van der Waals surface area contributed by atoms with E-state index in [4.69, 9.17) is 4.74 Å². The van der Waals surface area contributed by atoms with Crippen LogP contribution in [-0.4, -0.2) is 93.2 Å². The van der Waals surface area contributed by atoms with Crippen molar-refractivity contribution in [2.45, 2.75) is 151 Å². The van der Waals surface area contributed by atoms with Crippen molar-refractivity contribution in [1.29, 1.82) is 0 Å². The molecule has 0 aliphatic heterocycles. The highest BCUT2D eigenvalue weighted by molar-refractivity contribution is 7.92. The molecule has 1 aromatic rings. The number of alkyl halides is 17. The van der Waals surface area contributed by atoms with Crippen molar-refractivity contribution < 1.29 is 102 Å². The van der Waals surface area contributed by atoms with Gasteiger partial charge in [-0.2, -0.15) is 74.6 Å². The molecule has 27 heteroatoms. The minimum absolute atomic E-state index is 0.0650. The molecule has 0 aliphatic carbocycles. The first kappa shape index (κ1) is 59.2. The van der Waals surface area contributed by atoms with Crippen LogP contribution in [0.15, 0.2) is 30.4 Å². The van der Waals surface area contributed by atoms with Crippen molar-refractivity contribution in [2.75, 3.05) is 36.3 Å². The molecule has 0 bridgehead atoms. The summed E-state index contributed by atoms with van der Waals surface area (Å²) in [5.41, 5.74) is 0.547. The lowest BCUT2D eigenvalue weighted by Gasteiger charge is -2.42. The molecule has 0 spiro atoms. The molecule has 2 amide bonds. The minimum Gasteiger partial charge on any atom is -0.449 e. The van der Waals surface area contributed by atoms with Gasteiger partial charge in [-0.25, -0.2) is 18.0 Å². The van der Waals surface area contributed by atoms with Crippen molar-refractivity contribution in [3.63, 3.8) is 0 Å². The second-order valence-electron chi connectivity index (χ2n) is 14.7. The first-order chi connectivity index (χ1) is 29.7. The third-order valence-corrected chi connectivity index (χ3v) is 11.1. The van der Waals surface area contributed by atoms with Gasteiger partial charge < -0.3 is 14.8 Å². The molecular weight excluding hydrogens is 949 g/mol. The van der Waals surface area contributed by atoms with Gasteiger partial charge >= 0.3 is 59.2 Å². The van der Waals surface area contributed by atoms with Gasteiger partial charge in [0, 0.05) is 17.9 Å². The Bertz CT molecular complexity index is 1800. The predicted molar refractivity (Wildman–Crippen MR) is 203 cm³/mol. The molecule has 3 N–H and O–H groups in total.